The third-order valence-electron chi connectivity index (χ3n) is 4.67. The Bertz CT molecular complexity index is 417. The van der Waals surface area contributed by atoms with Gasteiger partial charge in [-0.3, -0.25) is 0 Å². The van der Waals surface area contributed by atoms with Gasteiger partial charge in [0.05, 0.1) is 0 Å². The van der Waals surface area contributed by atoms with E-state index >= 15 is 0 Å². The average molecular weight is 264 g/mol. The van der Waals surface area contributed by atoms with Gasteiger partial charge >= 0.3 is 0 Å². The van der Waals surface area contributed by atoms with Crippen LogP contribution in [0.4, 0.5) is 0 Å². The van der Waals surface area contributed by atoms with Gasteiger partial charge in [0.2, 0.25) is 0 Å². The van der Waals surface area contributed by atoms with Crippen LogP contribution in [0.1, 0.15) is 38.2 Å². The van der Waals surface area contributed by atoms with Crippen LogP contribution in [-0.2, 0) is 6.42 Å². The van der Waals surface area contributed by atoms with Crippen molar-refractivity contribution in [2.45, 2.75) is 51.1 Å². The Morgan fingerprint density at radius 3 is 2.89 bits per heavy atom. The second-order valence-corrected chi connectivity index (χ2v) is 6.62. The molecule has 2 saturated carbocycles. The van der Waals surface area contributed by atoms with Gasteiger partial charge in [0.25, 0.3) is 0 Å². The minimum Gasteiger partial charge on any atom is -0.311 e. The SMILES string of the molecule is CC(Cc1cccc(Cl)c1)NC1CC2CCC1C2. The Morgan fingerprint density at radius 1 is 1.33 bits per heavy atom. The third kappa shape index (κ3) is 2.73. The first kappa shape index (κ1) is 12.5. The molecular formula is C16H22ClN. The number of fused-ring (bicyclic) bond motifs is 2. The first-order chi connectivity index (χ1) is 8.70. The predicted molar refractivity (Wildman–Crippen MR) is 77.0 cm³/mol. The molecule has 0 amide bonds. The largest absolute Gasteiger partial charge is 0.311 e. The second-order valence-electron chi connectivity index (χ2n) is 6.18. The molecule has 3 rings (SSSR count). The van der Waals surface area contributed by atoms with Gasteiger partial charge in [-0.2, -0.15) is 0 Å². The maximum atomic E-state index is 6.03. The Hall–Kier alpha value is -0.530. The van der Waals surface area contributed by atoms with Crippen molar-refractivity contribution < 1.29 is 0 Å². The van der Waals surface area contributed by atoms with Crippen molar-refractivity contribution in [2.24, 2.45) is 11.8 Å². The summed E-state index contributed by atoms with van der Waals surface area (Å²) in [5.41, 5.74) is 1.34. The molecule has 2 heteroatoms. The lowest BCUT2D eigenvalue weighted by Gasteiger charge is -2.27. The molecule has 1 aromatic carbocycles. The lowest BCUT2D eigenvalue weighted by atomic mass is 9.94. The van der Waals surface area contributed by atoms with Crippen LogP contribution in [0.2, 0.25) is 5.02 Å². The first-order valence-corrected chi connectivity index (χ1v) is 7.59. The van der Waals surface area contributed by atoms with Gasteiger partial charge in [0, 0.05) is 17.1 Å². The Kier molecular flexibility index (Phi) is 3.63. The summed E-state index contributed by atoms with van der Waals surface area (Å²) in [6.45, 7) is 2.30. The van der Waals surface area contributed by atoms with Crippen molar-refractivity contribution in [1.82, 2.24) is 5.32 Å². The maximum absolute atomic E-state index is 6.03. The van der Waals surface area contributed by atoms with E-state index in [4.69, 9.17) is 11.6 Å². The summed E-state index contributed by atoms with van der Waals surface area (Å²) in [5.74, 6) is 1.97. The average Bonchev–Trinajstić information content (AvgIpc) is 2.90. The van der Waals surface area contributed by atoms with Crippen LogP contribution in [0, 0.1) is 11.8 Å². The van der Waals surface area contributed by atoms with E-state index in [2.05, 4.69) is 24.4 Å². The van der Waals surface area contributed by atoms with E-state index in [1.165, 1.54) is 31.2 Å². The fraction of sp³-hybridized carbons (Fsp3) is 0.625. The Morgan fingerprint density at radius 2 is 2.22 bits per heavy atom. The Balaban J connectivity index is 1.54. The molecule has 0 spiro atoms. The molecule has 0 aliphatic heterocycles. The minimum absolute atomic E-state index is 0.549. The maximum Gasteiger partial charge on any atom is 0.0408 e. The van der Waals surface area contributed by atoms with Crippen molar-refractivity contribution in [3.63, 3.8) is 0 Å². The van der Waals surface area contributed by atoms with Crippen LogP contribution in [0.15, 0.2) is 24.3 Å². The number of halogens is 1. The van der Waals surface area contributed by atoms with Crippen molar-refractivity contribution in [3.8, 4) is 0 Å². The highest BCUT2D eigenvalue weighted by atomic mass is 35.5. The van der Waals surface area contributed by atoms with E-state index in [9.17, 15) is 0 Å². The minimum atomic E-state index is 0.549. The molecule has 4 atom stereocenters. The fourth-order valence-electron chi connectivity index (χ4n) is 3.89. The van der Waals surface area contributed by atoms with Crippen LogP contribution >= 0.6 is 11.6 Å². The summed E-state index contributed by atoms with van der Waals surface area (Å²) >= 11 is 6.03. The first-order valence-electron chi connectivity index (χ1n) is 7.21. The zero-order valence-corrected chi connectivity index (χ0v) is 11.8. The van der Waals surface area contributed by atoms with Crippen LogP contribution in [0.25, 0.3) is 0 Å². The van der Waals surface area contributed by atoms with Crippen LogP contribution < -0.4 is 5.32 Å². The number of hydrogen-bond acceptors (Lipinski definition) is 1. The van der Waals surface area contributed by atoms with Crippen LogP contribution in [-0.4, -0.2) is 12.1 Å². The van der Waals surface area contributed by atoms with E-state index in [0.29, 0.717) is 6.04 Å². The highest BCUT2D eigenvalue weighted by Crippen LogP contribution is 2.44. The molecule has 2 fully saturated rings. The quantitative estimate of drug-likeness (QED) is 0.864. The third-order valence-corrected chi connectivity index (χ3v) is 4.90. The predicted octanol–water partition coefficient (Wildman–Crippen LogP) is 4.05. The molecule has 4 unspecified atom stereocenters. The molecular weight excluding hydrogens is 242 g/mol. The molecule has 1 nitrogen and oxygen atoms in total. The van der Waals surface area contributed by atoms with Crippen molar-refractivity contribution in [3.05, 3.63) is 34.9 Å². The summed E-state index contributed by atoms with van der Waals surface area (Å²) in [6.07, 6.45) is 6.89. The van der Waals surface area contributed by atoms with Gasteiger partial charge in [0.15, 0.2) is 0 Å². The molecule has 2 aliphatic rings. The summed E-state index contributed by atoms with van der Waals surface area (Å²) in [4.78, 5) is 0. The van der Waals surface area contributed by atoms with E-state index in [1.807, 2.05) is 12.1 Å². The smallest absolute Gasteiger partial charge is 0.0408 e. The highest BCUT2D eigenvalue weighted by Gasteiger charge is 2.39. The molecule has 0 saturated heterocycles. The van der Waals surface area contributed by atoms with Crippen LogP contribution in [0.3, 0.4) is 0 Å². The van der Waals surface area contributed by atoms with Gasteiger partial charge in [-0.15, -0.1) is 0 Å². The van der Waals surface area contributed by atoms with Crippen molar-refractivity contribution >= 4 is 11.6 Å². The topological polar surface area (TPSA) is 12.0 Å². The van der Waals surface area contributed by atoms with Gasteiger partial charge in [-0.1, -0.05) is 30.2 Å². The lowest BCUT2D eigenvalue weighted by Crippen LogP contribution is -2.40. The second kappa shape index (κ2) is 5.22. The standard InChI is InChI=1S/C16H22ClN/c1-11(7-12-3-2-4-15(17)9-12)18-16-10-13-5-6-14(16)8-13/h2-4,9,11,13-14,16,18H,5-8,10H2,1H3. The fourth-order valence-corrected chi connectivity index (χ4v) is 4.10. The lowest BCUT2D eigenvalue weighted by molar-refractivity contribution is 0.323. The number of rotatable bonds is 4. The van der Waals surface area contributed by atoms with Gasteiger partial charge in [0.1, 0.15) is 0 Å². The number of nitrogens with one attached hydrogen (secondary N) is 1. The van der Waals surface area contributed by atoms with Crippen molar-refractivity contribution in [2.75, 3.05) is 0 Å². The van der Waals surface area contributed by atoms with Crippen LogP contribution in [0.5, 0.6) is 0 Å². The van der Waals surface area contributed by atoms with Gasteiger partial charge in [-0.25, -0.2) is 0 Å². The number of benzene rings is 1. The summed E-state index contributed by atoms with van der Waals surface area (Å²) in [6, 6.07) is 9.57. The van der Waals surface area contributed by atoms with Crippen molar-refractivity contribution in [1.29, 1.82) is 0 Å². The zero-order chi connectivity index (χ0) is 12.5. The molecule has 0 heterocycles. The molecule has 2 aliphatic carbocycles. The Labute approximate surface area is 115 Å². The van der Waals surface area contributed by atoms with Gasteiger partial charge in [-0.05, 0) is 62.1 Å². The molecule has 18 heavy (non-hydrogen) atoms. The summed E-state index contributed by atoms with van der Waals surface area (Å²) in [5, 5.41) is 4.68. The van der Waals surface area contributed by atoms with Gasteiger partial charge < -0.3 is 5.32 Å². The molecule has 0 radical (unpaired) electrons. The van der Waals surface area contributed by atoms with E-state index in [0.717, 1.165) is 29.3 Å². The zero-order valence-electron chi connectivity index (χ0n) is 11.0. The molecule has 1 N–H and O–H groups in total. The number of hydrogen-bond donors (Lipinski definition) is 1. The highest BCUT2D eigenvalue weighted by molar-refractivity contribution is 6.30. The molecule has 98 valence electrons. The summed E-state index contributed by atoms with van der Waals surface area (Å²) in [7, 11) is 0. The normalized spacial score (nSPS) is 31.8. The molecule has 2 bridgehead atoms. The van der Waals surface area contributed by atoms with E-state index in [-0.39, 0.29) is 0 Å². The molecule has 1 aromatic rings. The van der Waals surface area contributed by atoms with E-state index in [1.54, 1.807) is 0 Å². The van der Waals surface area contributed by atoms with E-state index < -0.39 is 0 Å². The summed E-state index contributed by atoms with van der Waals surface area (Å²) < 4.78 is 0. The molecule has 0 aromatic heterocycles. The monoisotopic (exact) mass is 263 g/mol.